The molecule has 2 aromatic carbocycles. The summed E-state index contributed by atoms with van der Waals surface area (Å²) in [5.41, 5.74) is 16.2. The quantitative estimate of drug-likeness (QED) is 0.361. The Kier molecular flexibility index (Phi) is 8.22. The van der Waals surface area contributed by atoms with Gasteiger partial charge < -0.3 is 30.1 Å². The number of nitrogens with zero attached hydrogens (tertiary/aromatic N) is 2. The molecule has 186 valence electrons. The van der Waals surface area contributed by atoms with Crippen LogP contribution < -0.4 is 11.5 Å². The first-order valence-electron chi connectivity index (χ1n) is 11.2. The van der Waals surface area contributed by atoms with Crippen LogP contribution in [0.3, 0.4) is 0 Å². The van der Waals surface area contributed by atoms with E-state index in [9.17, 15) is 9.59 Å². The zero-order valence-electron chi connectivity index (χ0n) is 20.0. The number of esters is 2. The van der Waals surface area contributed by atoms with Gasteiger partial charge in [-0.05, 0) is 30.2 Å². The zero-order chi connectivity index (χ0) is 24.4. The minimum atomic E-state index is -0.738. The van der Waals surface area contributed by atoms with Crippen molar-refractivity contribution in [1.29, 1.82) is 0 Å². The first-order chi connectivity index (χ1) is 16.3. The van der Waals surface area contributed by atoms with Gasteiger partial charge in [0.05, 0.1) is 25.3 Å². The summed E-state index contributed by atoms with van der Waals surface area (Å²) in [7, 11) is 2.68. The normalized spacial score (nSPS) is 13.0. The van der Waals surface area contributed by atoms with E-state index in [1.165, 1.54) is 14.2 Å². The minimum absolute atomic E-state index is 0. The molecule has 0 spiro atoms. The Morgan fingerprint density at radius 3 is 1.51 bits per heavy atom. The topological polar surface area (TPSA) is 115 Å². The summed E-state index contributed by atoms with van der Waals surface area (Å²) in [5.74, 6) is -0.874. The van der Waals surface area contributed by atoms with Gasteiger partial charge >= 0.3 is 11.9 Å². The fourth-order valence-corrected chi connectivity index (χ4v) is 4.58. The number of nitrogens with two attached hydrogens (primary N) is 2. The maximum Gasteiger partial charge on any atom is 0.322 e. The average molecular weight is 499 g/mol. The van der Waals surface area contributed by atoms with Gasteiger partial charge in [0.25, 0.3) is 0 Å². The van der Waals surface area contributed by atoms with Gasteiger partial charge in [0.15, 0.2) is 0 Å². The van der Waals surface area contributed by atoms with Crippen molar-refractivity contribution in [3.05, 3.63) is 72.1 Å². The van der Waals surface area contributed by atoms with Gasteiger partial charge in [-0.25, -0.2) is 0 Å². The van der Waals surface area contributed by atoms with Gasteiger partial charge in [-0.1, -0.05) is 36.4 Å². The number of fused-ring (bicyclic) bond motifs is 2. The van der Waals surface area contributed by atoms with E-state index in [4.69, 9.17) is 20.9 Å². The van der Waals surface area contributed by atoms with Crippen LogP contribution in [-0.4, -0.2) is 47.4 Å². The molecule has 4 N–H and O–H groups in total. The summed E-state index contributed by atoms with van der Waals surface area (Å²) < 4.78 is 14.0. The van der Waals surface area contributed by atoms with Crippen LogP contribution in [0.1, 0.15) is 24.2 Å². The number of hydrogen-bond acceptors (Lipinski definition) is 6. The van der Waals surface area contributed by atoms with E-state index in [-0.39, 0.29) is 18.6 Å². The monoisotopic (exact) mass is 498 g/mol. The smallest absolute Gasteiger partial charge is 0.322 e. The van der Waals surface area contributed by atoms with Crippen LogP contribution in [0, 0.1) is 0 Å². The number of hydrogen-bond donors (Lipinski definition) is 2. The van der Waals surface area contributed by atoms with Crippen LogP contribution in [0.2, 0.25) is 0 Å². The number of carbonyl (C=O) groups is 2. The number of methoxy groups -OCH3 is 2. The third-order valence-electron chi connectivity index (χ3n) is 6.34. The third kappa shape index (κ3) is 5.05. The van der Waals surface area contributed by atoms with Crippen molar-refractivity contribution in [2.75, 3.05) is 14.2 Å². The largest absolute Gasteiger partial charge is 0.468 e. The summed E-state index contributed by atoms with van der Waals surface area (Å²) in [4.78, 5) is 23.8. The molecule has 9 heteroatoms. The molecule has 0 aliphatic carbocycles. The van der Waals surface area contributed by atoms with E-state index in [2.05, 4.69) is 28.2 Å². The molecule has 0 aliphatic heterocycles. The molecule has 4 aromatic rings. The van der Waals surface area contributed by atoms with Crippen molar-refractivity contribution in [2.24, 2.45) is 11.5 Å². The number of ether oxygens (including phenoxy) is 2. The number of halogens is 1. The molecule has 2 aromatic heterocycles. The van der Waals surface area contributed by atoms with E-state index in [0.717, 1.165) is 32.9 Å². The maximum absolute atomic E-state index is 11.9. The molecule has 0 amide bonds. The van der Waals surface area contributed by atoms with Crippen molar-refractivity contribution in [1.82, 2.24) is 9.13 Å². The molecule has 2 atom stereocenters. The van der Waals surface area contributed by atoms with Gasteiger partial charge in [-0.3, -0.25) is 9.59 Å². The third-order valence-corrected chi connectivity index (χ3v) is 6.34. The van der Waals surface area contributed by atoms with Crippen LogP contribution >= 0.6 is 12.4 Å². The fraction of sp³-hybridized carbons (Fsp3) is 0.308. The number of rotatable bonds is 8. The predicted molar refractivity (Wildman–Crippen MR) is 139 cm³/mol. The lowest BCUT2D eigenvalue weighted by atomic mass is 10.1. The Bertz CT molecular complexity index is 1240. The lowest BCUT2D eigenvalue weighted by Gasteiger charge is -2.19. The van der Waals surface area contributed by atoms with E-state index in [1.807, 2.05) is 48.8 Å². The summed E-state index contributed by atoms with van der Waals surface area (Å²) in [5, 5.41) is 2.08. The van der Waals surface area contributed by atoms with Crippen molar-refractivity contribution in [3.8, 4) is 0 Å². The first-order valence-corrected chi connectivity index (χ1v) is 11.2. The molecule has 8 nitrogen and oxygen atoms in total. The average Bonchev–Trinajstić information content (AvgIpc) is 3.41. The van der Waals surface area contributed by atoms with Crippen LogP contribution in [-0.2, 0) is 31.9 Å². The number of carbonyl (C=O) groups excluding carboxylic acids is 2. The lowest BCUT2D eigenvalue weighted by Crippen LogP contribution is -2.33. The van der Waals surface area contributed by atoms with Gasteiger partial charge in [0.1, 0.15) is 18.2 Å². The summed E-state index contributed by atoms with van der Waals surface area (Å²) in [6, 6.07) is 14.6. The highest BCUT2D eigenvalue weighted by Crippen LogP contribution is 2.31. The molecule has 0 saturated heterocycles. The second-order valence-corrected chi connectivity index (χ2v) is 8.46. The molecule has 0 saturated carbocycles. The van der Waals surface area contributed by atoms with Crippen molar-refractivity contribution in [3.63, 3.8) is 0 Å². The zero-order valence-corrected chi connectivity index (χ0v) is 20.8. The molecule has 0 fully saturated rings. The van der Waals surface area contributed by atoms with Crippen molar-refractivity contribution >= 4 is 46.2 Å². The SMILES string of the molecule is COC(=O)[C@H](N)Cc1cn(C(C)n2cc(C[C@@H](N)C(=O)OC)c3ccccc32)c2ccccc12.Cl. The predicted octanol–water partition coefficient (Wildman–Crippen LogP) is 3.17. The van der Waals surface area contributed by atoms with Gasteiger partial charge in [0.2, 0.25) is 0 Å². The molecule has 0 bridgehead atoms. The second-order valence-electron chi connectivity index (χ2n) is 8.46. The Morgan fingerprint density at radius 1 is 0.771 bits per heavy atom. The van der Waals surface area contributed by atoms with Crippen LogP contribution in [0.5, 0.6) is 0 Å². The Morgan fingerprint density at radius 2 is 1.14 bits per heavy atom. The molecule has 35 heavy (non-hydrogen) atoms. The Balaban J connectivity index is 0.00000342. The molecule has 2 heterocycles. The Labute approximate surface area is 210 Å². The molecular weight excluding hydrogens is 468 g/mol. The van der Waals surface area contributed by atoms with Crippen molar-refractivity contribution < 1.29 is 19.1 Å². The van der Waals surface area contributed by atoms with E-state index >= 15 is 0 Å². The number of para-hydroxylation sites is 2. The second kappa shape index (κ2) is 10.9. The molecule has 4 rings (SSSR count). The minimum Gasteiger partial charge on any atom is -0.468 e. The highest BCUT2D eigenvalue weighted by molar-refractivity contribution is 5.87. The van der Waals surface area contributed by atoms with Gasteiger partial charge in [-0.15, -0.1) is 12.4 Å². The summed E-state index contributed by atoms with van der Waals surface area (Å²) in [6.07, 6.45) is 4.75. The summed E-state index contributed by atoms with van der Waals surface area (Å²) >= 11 is 0. The van der Waals surface area contributed by atoms with E-state index < -0.39 is 24.0 Å². The van der Waals surface area contributed by atoms with Crippen LogP contribution in [0.4, 0.5) is 0 Å². The molecule has 0 unspecified atom stereocenters. The van der Waals surface area contributed by atoms with E-state index in [1.54, 1.807) is 0 Å². The highest BCUT2D eigenvalue weighted by atomic mass is 35.5. The number of aromatic nitrogens is 2. The lowest BCUT2D eigenvalue weighted by molar-refractivity contribution is -0.142. The highest BCUT2D eigenvalue weighted by Gasteiger charge is 2.22. The maximum atomic E-state index is 11.9. The fourth-order valence-electron chi connectivity index (χ4n) is 4.58. The van der Waals surface area contributed by atoms with Crippen LogP contribution in [0.25, 0.3) is 21.8 Å². The van der Waals surface area contributed by atoms with Crippen LogP contribution in [0.15, 0.2) is 60.9 Å². The first kappa shape index (κ1) is 26.3. The van der Waals surface area contributed by atoms with Crippen molar-refractivity contribution in [2.45, 2.75) is 38.0 Å². The molecule has 0 radical (unpaired) electrons. The van der Waals surface area contributed by atoms with Gasteiger partial charge in [0, 0.05) is 36.0 Å². The number of benzene rings is 2. The summed E-state index contributed by atoms with van der Waals surface area (Å²) in [6.45, 7) is 2.10. The van der Waals surface area contributed by atoms with E-state index in [0.29, 0.717) is 12.8 Å². The molecule has 0 aliphatic rings. The van der Waals surface area contributed by atoms with Gasteiger partial charge in [-0.2, -0.15) is 0 Å². The standard InChI is InChI=1S/C26H30N4O4.ClH/c1-16(29-14-17(12-21(27)25(31)33-2)19-8-4-6-10-23(19)29)30-15-18(13-22(28)26(32)34-3)20-9-5-7-11-24(20)30;/h4-11,14-16,21-22H,12-13,27-28H2,1-3H3;1H/t21-,22-;/m1./s1. The Hall–Kier alpha value is -3.33. The molecular formula is C26H31ClN4O4.